The van der Waals surface area contributed by atoms with E-state index >= 15 is 0 Å². The Kier molecular flexibility index (Phi) is 7.01. The molecule has 1 N–H and O–H groups in total. The first kappa shape index (κ1) is 20.5. The fraction of sp³-hybridized carbons (Fsp3) is 0.316. The number of hydrogen-bond acceptors (Lipinski definition) is 6. The minimum Gasteiger partial charge on any atom is -0.493 e. The first-order chi connectivity index (χ1) is 12.8. The fourth-order valence-electron chi connectivity index (χ4n) is 2.48. The number of aryl methyl sites for hydroxylation is 2. The van der Waals surface area contributed by atoms with Crippen molar-refractivity contribution in [1.29, 1.82) is 0 Å². The van der Waals surface area contributed by atoms with Crippen LogP contribution in [-0.2, 0) is 16.1 Å². The van der Waals surface area contributed by atoms with Gasteiger partial charge in [0.2, 0.25) is 0 Å². The van der Waals surface area contributed by atoms with Crippen LogP contribution >= 0.6 is 11.6 Å². The molecule has 1 aromatic heterocycles. The summed E-state index contributed by atoms with van der Waals surface area (Å²) < 4.78 is 15.4. The van der Waals surface area contributed by atoms with Crippen LogP contribution < -0.4 is 14.8 Å². The highest BCUT2D eigenvalue weighted by molar-refractivity contribution is 6.32. The van der Waals surface area contributed by atoms with Gasteiger partial charge in [-0.05, 0) is 43.2 Å². The molecule has 2 aromatic rings. The summed E-state index contributed by atoms with van der Waals surface area (Å²) in [6, 6.07) is 7.02. The van der Waals surface area contributed by atoms with Gasteiger partial charge >= 0.3 is 5.97 Å². The van der Waals surface area contributed by atoms with E-state index in [1.54, 1.807) is 45.2 Å². The van der Waals surface area contributed by atoms with Gasteiger partial charge in [0.05, 0.1) is 19.8 Å². The number of methoxy groups -OCH3 is 2. The maximum atomic E-state index is 12.2. The van der Waals surface area contributed by atoms with E-state index in [0.29, 0.717) is 22.8 Å². The number of aromatic nitrogens is 1. The van der Waals surface area contributed by atoms with Crippen molar-refractivity contribution in [3.63, 3.8) is 0 Å². The lowest BCUT2D eigenvalue weighted by Gasteiger charge is -2.11. The Morgan fingerprint density at radius 3 is 2.44 bits per heavy atom. The van der Waals surface area contributed by atoms with Gasteiger partial charge in [-0.3, -0.25) is 4.79 Å². The van der Waals surface area contributed by atoms with Crippen LogP contribution in [0.4, 0.5) is 0 Å². The van der Waals surface area contributed by atoms with E-state index in [1.807, 2.05) is 0 Å². The van der Waals surface area contributed by atoms with Crippen molar-refractivity contribution in [2.24, 2.45) is 0 Å². The summed E-state index contributed by atoms with van der Waals surface area (Å²) in [5.41, 5.74) is 2.31. The lowest BCUT2D eigenvalue weighted by atomic mass is 10.1. The van der Waals surface area contributed by atoms with Crippen LogP contribution in [0.2, 0.25) is 5.15 Å². The zero-order valence-corrected chi connectivity index (χ0v) is 16.3. The molecule has 0 aliphatic rings. The van der Waals surface area contributed by atoms with Gasteiger partial charge in [0.1, 0.15) is 5.15 Å². The second-order valence-corrected chi connectivity index (χ2v) is 6.15. The number of pyridine rings is 1. The van der Waals surface area contributed by atoms with E-state index in [2.05, 4.69) is 10.3 Å². The molecule has 0 saturated carbocycles. The van der Waals surface area contributed by atoms with Crippen molar-refractivity contribution >= 4 is 23.5 Å². The molecule has 8 heteroatoms. The number of benzene rings is 1. The van der Waals surface area contributed by atoms with E-state index in [-0.39, 0.29) is 17.3 Å². The highest BCUT2D eigenvalue weighted by atomic mass is 35.5. The molecule has 0 saturated heterocycles. The zero-order valence-electron chi connectivity index (χ0n) is 15.6. The normalized spacial score (nSPS) is 10.3. The molecule has 0 aliphatic heterocycles. The lowest BCUT2D eigenvalue weighted by molar-refractivity contribution is -0.124. The van der Waals surface area contributed by atoms with Gasteiger partial charge in [0.25, 0.3) is 5.91 Å². The molecule has 0 aliphatic carbocycles. The molecule has 7 nitrogen and oxygen atoms in total. The van der Waals surface area contributed by atoms with Crippen molar-refractivity contribution in [2.75, 3.05) is 20.8 Å². The Balaban J connectivity index is 1.91. The van der Waals surface area contributed by atoms with Crippen LogP contribution in [0, 0.1) is 13.8 Å². The first-order valence-electron chi connectivity index (χ1n) is 8.14. The summed E-state index contributed by atoms with van der Waals surface area (Å²) in [5, 5.41) is 2.73. The molecule has 0 radical (unpaired) electrons. The number of nitrogens with zero attached hydrogens (tertiary/aromatic N) is 1. The van der Waals surface area contributed by atoms with E-state index in [0.717, 1.165) is 5.56 Å². The Hall–Kier alpha value is -2.80. The third-order valence-corrected chi connectivity index (χ3v) is 4.05. The highest BCUT2D eigenvalue weighted by Gasteiger charge is 2.18. The topological polar surface area (TPSA) is 86.8 Å². The molecule has 0 fully saturated rings. The molecular formula is C19H21ClN2O5. The van der Waals surface area contributed by atoms with Gasteiger partial charge in [-0.15, -0.1) is 0 Å². The van der Waals surface area contributed by atoms with Crippen molar-refractivity contribution in [3.05, 3.63) is 51.8 Å². The molecule has 27 heavy (non-hydrogen) atoms. The van der Waals surface area contributed by atoms with Crippen molar-refractivity contribution in [3.8, 4) is 11.5 Å². The monoisotopic (exact) mass is 392 g/mol. The number of hydrogen-bond donors (Lipinski definition) is 1. The van der Waals surface area contributed by atoms with Crippen molar-refractivity contribution in [1.82, 2.24) is 10.3 Å². The molecule has 0 unspecified atom stereocenters. The number of amides is 1. The summed E-state index contributed by atoms with van der Waals surface area (Å²) in [6.45, 7) is 3.34. The molecule has 144 valence electrons. The van der Waals surface area contributed by atoms with E-state index < -0.39 is 18.5 Å². The third-order valence-electron chi connectivity index (χ3n) is 3.78. The van der Waals surface area contributed by atoms with Gasteiger partial charge in [0.15, 0.2) is 18.1 Å². The summed E-state index contributed by atoms with van der Waals surface area (Å²) in [7, 11) is 3.08. The predicted octanol–water partition coefficient (Wildman–Crippen LogP) is 2.84. The number of esters is 1. The summed E-state index contributed by atoms with van der Waals surface area (Å²) in [5.74, 6) is 0.0337. The van der Waals surface area contributed by atoms with Crippen LogP contribution in [0.5, 0.6) is 11.5 Å². The molecule has 0 bridgehead atoms. The average Bonchev–Trinajstić information content (AvgIpc) is 2.63. The van der Waals surface area contributed by atoms with E-state index in [4.69, 9.17) is 25.8 Å². The quantitative estimate of drug-likeness (QED) is 0.576. The third kappa shape index (κ3) is 5.34. The van der Waals surface area contributed by atoms with Crippen LogP contribution in [0.25, 0.3) is 0 Å². The van der Waals surface area contributed by atoms with Crippen molar-refractivity contribution in [2.45, 2.75) is 20.4 Å². The van der Waals surface area contributed by atoms with Crippen LogP contribution in [0.3, 0.4) is 0 Å². The minimum atomic E-state index is -0.689. The van der Waals surface area contributed by atoms with Crippen LogP contribution in [0.1, 0.15) is 27.2 Å². The van der Waals surface area contributed by atoms with Gasteiger partial charge in [-0.25, -0.2) is 9.78 Å². The molecule has 2 rings (SSSR count). The fourth-order valence-corrected chi connectivity index (χ4v) is 2.84. The molecule has 1 aromatic carbocycles. The summed E-state index contributed by atoms with van der Waals surface area (Å²) >= 11 is 6.00. The minimum absolute atomic E-state index is 0.0586. The number of rotatable bonds is 7. The van der Waals surface area contributed by atoms with Gasteiger partial charge in [-0.1, -0.05) is 17.7 Å². The molecular weight excluding hydrogens is 372 g/mol. The second-order valence-electron chi connectivity index (χ2n) is 5.79. The van der Waals surface area contributed by atoms with E-state index in [1.165, 1.54) is 7.11 Å². The lowest BCUT2D eigenvalue weighted by Crippen LogP contribution is -2.28. The molecule has 0 atom stereocenters. The SMILES string of the molecule is COc1ccc(CNC(=O)COC(=O)c2c(C)cc(C)nc2Cl)cc1OC. The van der Waals surface area contributed by atoms with Gasteiger partial charge in [-0.2, -0.15) is 0 Å². The zero-order chi connectivity index (χ0) is 20.0. The standard InChI is InChI=1S/C19H21ClN2O5/c1-11-7-12(2)22-18(20)17(11)19(24)27-10-16(23)21-9-13-5-6-14(25-3)15(8-13)26-4/h5-8H,9-10H2,1-4H3,(H,21,23). The van der Waals surface area contributed by atoms with Gasteiger partial charge < -0.3 is 19.5 Å². The molecule has 0 spiro atoms. The Bertz CT molecular complexity index is 831. The smallest absolute Gasteiger partial charge is 0.342 e. The maximum Gasteiger partial charge on any atom is 0.342 e. The van der Waals surface area contributed by atoms with Crippen LogP contribution in [0.15, 0.2) is 24.3 Å². The first-order valence-corrected chi connectivity index (χ1v) is 8.52. The summed E-state index contributed by atoms with van der Waals surface area (Å²) in [6.07, 6.45) is 0. The van der Waals surface area contributed by atoms with Crippen LogP contribution in [-0.4, -0.2) is 37.7 Å². The highest BCUT2D eigenvalue weighted by Crippen LogP contribution is 2.27. The molecule has 1 heterocycles. The number of halogens is 1. The predicted molar refractivity (Wildman–Crippen MR) is 100 cm³/mol. The largest absolute Gasteiger partial charge is 0.493 e. The number of nitrogens with one attached hydrogen (secondary N) is 1. The maximum absolute atomic E-state index is 12.2. The Morgan fingerprint density at radius 1 is 1.11 bits per heavy atom. The van der Waals surface area contributed by atoms with E-state index in [9.17, 15) is 9.59 Å². The number of carbonyl (C=O) groups is 2. The number of carbonyl (C=O) groups excluding carboxylic acids is 2. The Labute approximate surface area is 162 Å². The summed E-state index contributed by atoms with van der Waals surface area (Å²) in [4.78, 5) is 28.2. The Morgan fingerprint density at radius 2 is 1.81 bits per heavy atom. The number of ether oxygens (including phenoxy) is 3. The average molecular weight is 393 g/mol. The molecule has 1 amide bonds. The van der Waals surface area contributed by atoms with Gasteiger partial charge in [0, 0.05) is 12.2 Å². The second kappa shape index (κ2) is 9.23. The van der Waals surface area contributed by atoms with Crippen molar-refractivity contribution < 1.29 is 23.8 Å².